The van der Waals surface area contributed by atoms with E-state index >= 15 is 0 Å². The lowest BCUT2D eigenvalue weighted by Gasteiger charge is -2.20. The van der Waals surface area contributed by atoms with E-state index in [2.05, 4.69) is 20.3 Å². The topological polar surface area (TPSA) is 97.0 Å². The summed E-state index contributed by atoms with van der Waals surface area (Å²) in [7, 11) is 1.59. The first-order valence-corrected chi connectivity index (χ1v) is 7.99. The lowest BCUT2D eigenvalue weighted by atomic mass is 9.99. The summed E-state index contributed by atoms with van der Waals surface area (Å²) in [6, 6.07) is 10.5. The fourth-order valence-corrected chi connectivity index (χ4v) is 2.57. The fraction of sp³-hybridized carbons (Fsp3) is 0.158. The second-order valence-corrected chi connectivity index (χ2v) is 5.67. The molecule has 0 bridgehead atoms. The van der Waals surface area contributed by atoms with E-state index in [0.717, 1.165) is 11.1 Å². The second kappa shape index (κ2) is 7.60. The van der Waals surface area contributed by atoms with Gasteiger partial charge in [-0.1, -0.05) is 12.1 Å². The lowest BCUT2D eigenvalue weighted by Crippen LogP contribution is -2.33. The largest absolute Gasteiger partial charge is 0.497 e. The Morgan fingerprint density at radius 1 is 1.12 bits per heavy atom. The molecule has 0 saturated carbocycles. The first-order valence-electron chi connectivity index (χ1n) is 7.99. The molecule has 7 heteroatoms. The van der Waals surface area contributed by atoms with Gasteiger partial charge in [-0.05, 0) is 42.3 Å². The van der Waals surface area contributed by atoms with Gasteiger partial charge in [0, 0.05) is 18.6 Å². The van der Waals surface area contributed by atoms with Crippen LogP contribution in [0.15, 0.2) is 59.8 Å². The van der Waals surface area contributed by atoms with E-state index in [1.807, 2.05) is 36.4 Å². The maximum absolute atomic E-state index is 12.6. The van der Waals surface area contributed by atoms with Gasteiger partial charge in [0.25, 0.3) is 11.5 Å². The summed E-state index contributed by atoms with van der Waals surface area (Å²) in [4.78, 5) is 35.2. The number of ether oxygens (including phenoxy) is 1. The highest BCUT2D eigenvalue weighted by atomic mass is 16.5. The fourth-order valence-electron chi connectivity index (χ4n) is 2.57. The number of amides is 1. The molecule has 1 amide bonds. The van der Waals surface area contributed by atoms with Crippen LogP contribution in [0.2, 0.25) is 0 Å². The molecule has 2 heterocycles. The Hall–Kier alpha value is -3.48. The third-order valence-electron chi connectivity index (χ3n) is 3.93. The van der Waals surface area contributed by atoms with Gasteiger partial charge in [-0.25, -0.2) is 4.98 Å². The molecule has 132 valence electrons. The second-order valence-electron chi connectivity index (χ2n) is 5.67. The van der Waals surface area contributed by atoms with Gasteiger partial charge in [0.05, 0.1) is 13.2 Å². The number of aryl methyl sites for hydroxylation is 1. The molecule has 1 aromatic carbocycles. The van der Waals surface area contributed by atoms with E-state index in [0.29, 0.717) is 11.6 Å². The van der Waals surface area contributed by atoms with E-state index in [1.165, 1.54) is 6.20 Å². The van der Waals surface area contributed by atoms with Crippen molar-refractivity contribution in [2.45, 2.75) is 13.0 Å². The number of nitrogens with one attached hydrogen (secondary N) is 2. The molecule has 0 spiro atoms. The number of carbonyl (C=O) groups is 1. The Kier molecular flexibility index (Phi) is 5.07. The van der Waals surface area contributed by atoms with Crippen LogP contribution in [0.25, 0.3) is 0 Å². The van der Waals surface area contributed by atoms with Crippen LogP contribution in [-0.2, 0) is 0 Å². The van der Waals surface area contributed by atoms with Crippen LogP contribution in [0.4, 0.5) is 0 Å². The van der Waals surface area contributed by atoms with Crippen LogP contribution in [0, 0.1) is 6.92 Å². The SMILES string of the molecule is COc1ccc([C@H](NC(=O)c2cnc(C)[nH]c2=O)c2ccncc2)cc1. The number of hydrogen-bond acceptors (Lipinski definition) is 5. The summed E-state index contributed by atoms with van der Waals surface area (Å²) in [5, 5.41) is 2.90. The monoisotopic (exact) mass is 350 g/mol. The van der Waals surface area contributed by atoms with Crippen molar-refractivity contribution in [3.8, 4) is 5.75 Å². The molecule has 0 aliphatic heterocycles. The van der Waals surface area contributed by atoms with Crippen molar-refractivity contribution >= 4 is 5.91 Å². The Labute approximate surface area is 150 Å². The first-order chi connectivity index (χ1) is 12.6. The molecule has 26 heavy (non-hydrogen) atoms. The molecule has 2 aromatic heterocycles. The average molecular weight is 350 g/mol. The number of pyridine rings is 1. The van der Waals surface area contributed by atoms with E-state index in [1.54, 1.807) is 26.4 Å². The van der Waals surface area contributed by atoms with Gasteiger partial charge in [-0.3, -0.25) is 14.6 Å². The summed E-state index contributed by atoms with van der Waals surface area (Å²) < 4.78 is 5.18. The zero-order valence-corrected chi connectivity index (χ0v) is 14.4. The van der Waals surface area contributed by atoms with Crippen LogP contribution >= 0.6 is 0 Å². The van der Waals surface area contributed by atoms with Crippen LogP contribution < -0.4 is 15.6 Å². The molecule has 0 aliphatic rings. The van der Waals surface area contributed by atoms with Gasteiger partial charge >= 0.3 is 0 Å². The standard InChI is InChI=1S/C19H18N4O3/c1-12-21-11-16(18(24)22-12)19(25)23-17(14-7-9-20-10-8-14)13-3-5-15(26-2)6-4-13/h3-11,17H,1-2H3,(H,23,25)(H,21,22,24)/t17-/m0/s1. The molecule has 0 aliphatic carbocycles. The average Bonchev–Trinajstić information content (AvgIpc) is 2.67. The number of aromatic nitrogens is 3. The summed E-state index contributed by atoms with van der Waals surface area (Å²) in [6.07, 6.45) is 4.58. The molecule has 2 N–H and O–H groups in total. The molecule has 3 aromatic rings. The Bertz CT molecular complexity index is 953. The zero-order chi connectivity index (χ0) is 18.5. The van der Waals surface area contributed by atoms with Crippen molar-refractivity contribution in [3.63, 3.8) is 0 Å². The van der Waals surface area contributed by atoms with Crippen molar-refractivity contribution in [1.29, 1.82) is 0 Å². The molecular formula is C19H18N4O3. The van der Waals surface area contributed by atoms with Gasteiger partial charge in [-0.2, -0.15) is 0 Å². The highest BCUT2D eigenvalue weighted by Gasteiger charge is 2.20. The molecule has 1 atom stereocenters. The summed E-state index contributed by atoms with van der Waals surface area (Å²) >= 11 is 0. The Balaban J connectivity index is 1.95. The Morgan fingerprint density at radius 2 is 1.77 bits per heavy atom. The van der Waals surface area contributed by atoms with Crippen molar-refractivity contribution in [2.24, 2.45) is 0 Å². The normalized spacial score (nSPS) is 11.6. The third kappa shape index (κ3) is 3.77. The molecule has 0 fully saturated rings. The number of hydrogen-bond donors (Lipinski definition) is 2. The van der Waals surface area contributed by atoms with Crippen LogP contribution in [-0.4, -0.2) is 28.0 Å². The Morgan fingerprint density at radius 3 is 2.38 bits per heavy atom. The van der Waals surface area contributed by atoms with Gasteiger partial charge in [0.1, 0.15) is 17.1 Å². The van der Waals surface area contributed by atoms with E-state index < -0.39 is 17.5 Å². The molecule has 3 rings (SSSR count). The smallest absolute Gasteiger partial charge is 0.263 e. The number of benzene rings is 1. The minimum atomic E-state index is -0.503. The first kappa shape index (κ1) is 17.3. The third-order valence-corrected chi connectivity index (χ3v) is 3.93. The maximum atomic E-state index is 12.6. The minimum Gasteiger partial charge on any atom is -0.497 e. The van der Waals surface area contributed by atoms with Crippen molar-refractivity contribution in [2.75, 3.05) is 7.11 Å². The lowest BCUT2D eigenvalue weighted by molar-refractivity contribution is 0.0941. The van der Waals surface area contributed by atoms with E-state index in [4.69, 9.17) is 4.74 Å². The summed E-state index contributed by atoms with van der Waals surface area (Å²) in [5.74, 6) is 0.663. The summed E-state index contributed by atoms with van der Waals surface area (Å²) in [6.45, 7) is 1.65. The highest BCUT2D eigenvalue weighted by Crippen LogP contribution is 2.24. The van der Waals surface area contributed by atoms with Crippen LogP contribution in [0.1, 0.15) is 33.4 Å². The van der Waals surface area contributed by atoms with Gasteiger partial charge < -0.3 is 15.0 Å². The van der Waals surface area contributed by atoms with Crippen LogP contribution in [0.3, 0.4) is 0 Å². The minimum absolute atomic E-state index is 0.0387. The van der Waals surface area contributed by atoms with Crippen molar-refractivity contribution in [3.05, 3.63) is 87.9 Å². The van der Waals surface area contributed by atoms with Crippen molar-refractivity contribution in [1.82, 2.24) is 20.3 Å². The maximum Gasteiger partial charge on any atom is 0.263 e. The molecule has 0 saturated heterocycles. The summed E-state index contributed by atoms with van der Waals surface area (Å²) in [5.41, 5.74) is 1.18. The van der Waals surface area contributed by atoms with E-state index in [-0.39, 0.29) is 5.56 Å². The number of carbonyl (C=O) groups excluding carboxylic acids is 1. The number of H-pyrrole nitrogens is 1. The quantitative estimate of drug-likeness (QED) is 0.733. The number of aromatic amines is 1. The number of methoxy groups -OCH3 is 1. The van der Waals surface area contributed by atoms with Gasteiger partial charge in [-0.15, -0.1) is 0 Å². The van der Waals surface area contributed by atoms with Gasteiger partial charge in [0.2, 0.25) is 0 Å². The van der Waals surface area contributed by atoms with E-state index in [9.17, 15) is 9.59 Å². The van der Waals surface area contributed by atoms with Gasteiger partial charge in [0.15, 0.2) is 0 Å². The van der Waals surface area contributed by atoms with Crippen LogP contribution in [0.5, 0.6) is 5.75 Å². The predicted octanol–water partition coefficient (Wildman–Crippen LogP) is 2.00. The van der Waals surface area contributed by atoms with Crippen molar-refractivity contribution < 1.29 is 9.53 Å². The zero-order valence-electron chi connectivity index (χ0n) is 14.4. The molecule has 0 unspecified atom stereocenters. The molecule has 0 radical (unpaired) electrons. The predicted molar refractivity (Wildman–Crippen MR) is 96.1 cm³/mol. The highest BCUT2D eigenvalue weighted by molar-refractivity contribution is 5.94. The number of nitrogens with zero attached hydrogens (tertiary/aromatic N) is 2. The number of rotatable bonds is 5. The molecule has 7 nitrogen and oxygen atoms in total. The molecular weight excluding hydrogens is 332 g/mol.